The van der Waals surface area contributed by atoms with E-state index < -0.39 is 88.8 Å². The Morgan fingerprint density at radius 2 is 1.03 bits per heavy atom. The smallest absolute Gasteiger partial charge is 0.410 e. The Balaban J connectivity index is 0.903. The molecule has 22 heteroatoms. The lowest BCUT2D eigenvalue weighted by atomic mass is 9.83. The van der Waals surface area contributed by atoms with E-state index in [1.165, 1.54) is 25.9 Å². The average molecular weight is 1220 g/mol. The van der Waals surface area contributed by atoms with Crippen LogP contribution in [0, 0.1) is 10.8 Å². The van der Waals surface area contributed by atoms with Crippen molar-refractivity contribution in [1.82, 2.24) is 40.9 Å². The second-order valence-corrected chi connectivity index (χ2v) is 27.9. The lowest BCUT2D eigenvalue weighted by Gasteiger charge is -2.35. The lowest BCUT2D eigenvalue weighted by Crippen LogP contribution is -2.58. The number of fused-ring (bicyclic) bond motifs is 3. The van der Waals surface area contributed by atoms with E-state index in [4.69, 9.17) is 14.2 Å². The second-order valence-electron chi connectivity index (χ2n) is 25.4. The fraction of sp³-hybridized carbons (Fsp3) is 0.531. The first-order valence-corrected chi connectivity index (χ1v) is 31.5. The third-order valence-corrected chi connectivity index (χ3v) is 19.2. The van der Waals surface area contributed by atoms with Crippen molar-refractivity contribution in [3.8, 4) is 0 Å². The number of likely N-dealkylation sites (N-methyl/N-ethyl adjacent to an activating group) is 2. The van der Waals surface area contributed by atoms with E-state index in [0.29, 0.717) is 37.2 Å². The van der Waals surface area contributed by atoms with Crippen LogP contribution < -0.4 is 21.3 Å². The highest BCUT2D eigenvalue weighted by Gasteiger charge is 2.56. The highest BCUT2D eigenvalue weighted by atomic mass is 32.2. The van der Waals surface area contributed by atoms with E-state index in [2.05, 4.69) is 33.4 Å². The Hall–Kier alpha value is -6.88. The number of benzene rings is 4. The summed E-state index contributed by atoms with van der Waals surface area (Å²) < 4.78 is 18.3. The topological polar surface area (TPSA) is 246 Å². The van der Waals surface area contributed by atoms with Gasteiger partial charge in [-0.1, -0.05) is 113 Å². The molecule has 8 amide bonds. The van der Waals surface area contributed by atoms with Gasteiger partial charge in [-0.25, -0.2) is 9.59 Å². The molecule has 4 aliphatic heterocycles. The van der Waals surface area contributed by atoms with Crippen LogP contribution in [0.25, 0.3) is 10.8 Å². The van der Waals surface area contributed by atoms with Gasteiger partial charge in [0.15, 0.2) is 0 Å². The summed E-state index contributed by atoms with van der Waals surface area (Å²) >= 11 is 3.17. The van der Waals surface area contributed by atoms with Crippen molar-refractivity contribution >= 4 is 81.9 Å². The molecule has 8 rings (SSSR count). The summed E-state index contributed by atoms with van der Waals surface area (Å²) in [5.74, 6) is -1.35. The van der Waals surface area contributed by atoms with Gasteiger partial charge in [0.05, 0.1) is 49.3 Å². The maximum atomic E-state index is 14.8. The van der Waals surface area contributed by atoms with Gasteiger partial charge >= 0.3 is 12.2 Å². The quantitative estimate of drug-likeness (QED) is 0.0563. The molecule has 10 atom stereocenters. The maximum Gasteiger partial charge on any atom is 0.410 e. The molecule has 4 aromatic rings. The zero-order chi connectivity index (χ0) is 62.4. The van der Waals surface area contributed by atoms with Crippen molar-refractivity contribution in [1.29, 1.82) is 0 Å². The summed E-state index contributed by atoms with van der Waals surface area (Å²) in [5.41, 5.74) is 1.45. The number of nitrogens with one attached hydrogen (secondary N) is 4. The van der Waals surface area contributed by atoms with Gasteiger partial charge in [0.25, 0.3) is 0 Å². The maximum absolute atomic E-state index is 14.8. The summed E-state index contributed by atoms with van der Waals surface area (Å²) in [6, 6.07) is 24.6. The molecule has 4 saturated heterocycles. The first kappa shape index (κ1) is 65.1. The predicted octanol–water partition coefficient (Wildman–Crippen LogP) is 7.99. The summed E-state index contributed by atoms with van der Waals surface area (Å²) in [5, 5.41) is 23.0. The van der Waals surface area contributed by atoms with Crippen molar-refractivity contribution in [2.24, 2.45) is 10.8 Å². The van der Waals surface area contributed by atoms with E-state index >= 15 is 0 Å². The van der Waals surface area contributed by atoms with Crippen LogP contribution in [0.2, 0.25) is 0 Å². The van der Waals surface area contributed by atoms with Crippen LogP contribution in [0.15, 0.2) is 97.1 Å². The lowest BCUT2D eigenvalue weighted by molar-refractivity contribution is -0.144. The number of thioether (sulfide) groups is 2. The first-order valence-electron chi connectivity index (χ1n) is 29.4. The molecule has 0 aliphatic carbocycles. The minimum atomic E-state index is -1.27. The van der Waals surface area contributed by atoms with Crippen LogP contribution in [0.5, 0.6) is 0 Å². The fourth-order valence-corrected chi connectivity index (χ4v) is 14.9. The highest BCUT2D eigenvalue weighted by molar-refractivity contribution is 8.00. The Kier molecular flexibility index (Phi) is 20.8. The molecule has 0 bridgehead atoms. The van der Waals surface area contributed by atoms with Crippen molar-refractivity contribution in [3.05, 3.63) is 119 Å². The third kappa shape index (κ3) is 15.4. The number of carboxylic acid groups (broad SMARTS) is 1. The average Bonchev–Trinajstić information content (AvgIpc) is 2.19. The van der Waals surface area contributed by atoms with Gasteiger partial charge < -0.3 is 50.4 Å². The molecule has 464 valence electrons. The Morgan fingerprint density at radius 3 is 1.43 bits per heavy atom. The minimum absolute atomic E-state index is 0.120. The number of nitrogens with zero attached hydrogens (tertiary/aromatic N) is 4. The van der Waals surface area contributed by atoms with Crippen LogP contribution in [0.1, 0.15) is 122 Å². The molecular weight excluding hydrogens is 1140 g/mol. The number of hydrogen-bond donors (Lipinski definition) is 5. The molecule has 0 aromatic heterocycles. The number of carbonyl (C=O) groups excluding carboxylic acids is 7. The van der Waals surface area contributed by atoms with Gasteiger partial charge in [0, 0.05) is 14.1 Å². The van der Waals surface area contributed by atoms with Crippen molar-refractivity contribution < 1.29 is 57.7 Å². The zero-order valence-corrected chi connectivity index (χ0v) is 52.8. The summed E-state index contributed by atoms with van der Waals surface area (Å²) in [4.78, 5) is 115. The van der Waals surface area contributed by atoms with Crippen molar-refractivity contribution in [2.75, 3.05) is 38.8 Å². The molecule has 0 radical (unpaired) electrons. The van der Waals surface area contributed by atoms with Crippen LogP contribution in [0.3, 0.4) is 0 Å². The van der Waals surface area contributed by atoms with E-state index in [9.17, 15) is 43.5 Å². The number of ether oxygens (including phenoxy) is 3. The van der Waals surface area contributed by atoms with Gasteiger partial charge in [0.2, 0.25) is 35.4 Å². The normalized spacial score (nSPS) is 23.1. The van der Waals surface area contributed by atoms with Crippen molar-refractivity contribution in [2.45, 2.75) is 166 Å². The molecule has 3 unspecified atom stereocenters. The Labute approximate surface area is 512 Å². The Morgan fingerprint density at radius 1 is 0.628 bits per heavy atom. The number of hydrogen-bond acceptors (Lipinski definition) is 13. The van der Waals surface area contributed by atoms with Crippen LogP contribution >= 0.6 is 23.5 Å². The number of amides is 8. The largest absolute Gasteiger partial charge is 0.465 e. The fourth-order valence-electron chi connectivity index (χ4n) is 11.7. The molecule has 0 spiro atoms. The van der Waals surface area contributed by atoms with E-state index in [0.717, 1.165) is 37.9 Å². The highest BCUT2D eigenvalue weighted by Crippen LogP contribution is 2.48. The molecular formula is C64H84N8O12S2. The third-order valence-electron chi connectivity index (χ3n) is 16.7. The minimum Gasteiger partial charge on any atom is -0.465 e. The monoisotopic (exact) mass is 1220 g/mol. The van der Waals surface area contributed by atoms with Gasteiger partial charge in [0.1, 0.15) is 41.9 Å². The standard InChI is InChI=1S/C64H84N8O12S2/c1-38(69(10)60(79)80)54(73)65-46-26-28-85-50-32-63(6,7)52(71(50)58(46)77)56(75)67-48(43-18-14-12-15-19-43)36-82-34-40-22-24-42-25-23-41(31-45(42)30-40)35-83-37-49(44-20-16-13-17-21-44)68-57(76)53-64(8,9)33-51-72(53)59(78)47(27-29-86-51)66-55(74)39(2)70(11)61(81)84-62(3,4)5/h12-25,30-31,38-39,46-53H,26-29,32-37H2,1-11H3,(H,65,73)(H,66,74)(H,67,75)(H,68,76)(H,79,80)/t38?,39?,46-,47-,48+,49?,50-,51-,52-,53+/m0/s1. The second kappa shape index (κ2) is 27.4. The van der Waals surface area contributed by atoms with E-state index in [-0.39, 0.29) is 60.8 Å². The molecule has 20 nitrogen and oxygen atoms in total. The van der Waals surface area contributed by atoms with Gasteiger partial charge in [-0.05, 0) is 128 Å². The molecule has 4 heterocycles. The molecule has 86 heavy (non-hydrogen) atoms. The molecule has 4 fully saturated rings. The molecule has 0 saturated carbocycles. The van der Waals surface area contributed by atoms with Crippen LogP contribution in [-0.2, 0) is 56.2 Å². The van der Waals surface area contributed by atoms with E-state index in [1.54, 1.807) is 61.0 Å². The number of carbonyl (C=O) groups is 8. The van der Waals surface area contributed by atoms with Crippen LogP contribution in [-0.4, -0.2) is 164 Å². The van der Waals surface area contributed by atoms with Gasteiger partial charge in [-0.2, -0.15) is 0 Å². The zero-order valence-electron chi connectivity index (χ0n) is 51.1. The Bertz CT molecular complexity index is 3130. The van der Waals surface area contributed by atoms with Gasteiger partial charge in [-0.15, -0.1) is 23.5 Å². The summed E-state index contributed by atoms with van der Waals surface area (Å²) in [6.07, 6.45) is -0.104. The summed E-state index contributed by atoms with van der Waals surface area (Å²) in [6.45, 7) is 16.9. The van der Waals surface area contributed by atoms with Crippen LogP contribution in [0.4, 0.5) is 9.59 Å². The number of rotatable bonds is 20. The summed E-state index contributed by atoms with van der Waals surface area (Å²) in [7, 11) is 2.78. The SMILES string of the molecule is CC(C(=O)N[C@H]1CCS[C@H]2CC(C)(C)[C@H](C(=O)N[C@H](COCc3ccc4ccc(COCC(NC(=O)[C@H]5N6C(=O)[C@@H](NC(=O)C(C)N(C)C(=O)OC(C)(C)C)CCS[C@H]6CC5(C)C)c5ccccc5)cc4c3)c3ccccc3)N2C1=O)N(C)C(=O)O. The van der Waals surface area contributed by atoms with Crippen molar-refractivity contribution in [3.63, 3.8) is 0 Å². The molecule has 4 aliphatic rings. The van der Waals surface area contributed by atoms with Gasteiger partial charge in [-0.3, -0.25) is 38.6 Å². The predicted molar refractivity (Wildman–Crippen MR) is 330 cm³/mol. The molecule has 4 aromatic carbocycles. The van der Waals surface area contributed by atoms with E-state index in [1.807, 2.05) is 113 Å². The molecule has 5 N–H and O–H groups in total. The first-order chi connectivity index (χ1) is 40.6.